The van der Waals surface area contributed by atoms with Gasteiger partial charge in [-0.3, -0.25) is 0 Å². The average molecular weight is 254 g/mol. The summed E-state index contributed by atoms with van der Waals surface area (Å²) in [5.41, 5.74) is 6.60. The number of hydrogen-bond acceptors (Lipinski definition) is 4. The number of nitrogens with two attached hydrogens (primary N) is 1. The van der Waals surface area contributed by atoms with Crippen LogP contribution >= 0.6 is 0 Å². The summed E-state index contributed by atoms with van der Waals surface area (Å²) in [5.74, 6) is 0.699. The molecular weight excluding hydrogens is 232 g/mol. The summed E-state index contributed by atoms with van der Waals surface area (Å²) in [7, 11) is 0. The van der Waals surface area contributed by atoms with Gasteiger partial charge in [0.25, 0.3) is 5.09 Å². The van der Waals surface area contributed by atoms with Crippen LogP contribution in [0.15, 0.2) is 0 Å². The third-order valence-corrected chi connectivity index (χ3v) is 5.49. The van der Waals surface area contributed by atoms with Crippen LogP contribution in [0.2, 0.25) is 0 Å². The van der Waals surface area contributed by atoms with E-state index in [1.807, 2.05) is 0 Å². The van der Waals surface area contributed by atoms with Gasteiger partial charge in [0.05, 0.1) is 0 Å². The Morgan fingerprint density at radius 1 is 1.28 bits per heavy atom. The lowest BCUT2D eigenvalue weighted by Gasteiger charge is -2.65. The van der Waals surface area contributed by atoms with Gasteiger partial charge >= 0.3 is 0 Å². The van der Waals surface area contributed by atoms with Crippen molar-refractivity contribution in [2.75, 3.05) is 13.2 Å². The van der Waals surface area contributed by atoms with Gasteiger partial charge in [-0.05, 0) is 67.2 Å². The average Bonchev–Trinajstić information content (AvgIpc) is 2.23. The predicted molar refractivity (Wildman–Crippen MR) is 66.2 cm³/mol. The van der Waals surface area contributed by atoms with Crippen molar-refractivity contribution in [3.05, 3.63) is 10.1 Å². The van der Waals surface area contributed by atoms with E-state index in [1.165, 1.54) is 19.3 Å². The fourth-order valence-corrected chi connectivity index (χ4v) is 5.94. The van der Waals surface area contributed by atoms with E-state index in [4.69, 9.17) is 10.6 Å². The molecule has 0 aliphatic heterocycles. The van der Waals surface area contributed by atoms with Crippen LogP contribution in [0.4, 0.5) is 0 Å². The zero-order valence-corrected chi connectivity index (χ0v) is 11.0. The quantitative estimate of drug-likeness (QED) is 0.615. The van der Waals surface area contributed by atoms with Crippen molar-refractivity contribution in [1.29, 1.82) is 0 Å². The van der Waals surface area contributed by atoms with E-state index >= 15 is 0 Å². The second kappa shape index (κ2) is 3.59. The van der Waals surface area contributed by atoms with E-state index in [1.54, 1.807) is 0 Å². The van der Waals surface area contributed by atoms with Crippen molar-refractivity contribution in [3.63, 3.8) is 0 Å². The summed E-state index contributed by atoms with van der Waals surface area (Å²) >= 11 is 0. The first-order valence-electron chi connectivity index (χ1n) is 6.86. The van der Waals surface area contributed by atoms with Gasteiger partial charge in [-0.25, -0.2) is 0 Å². The van der Waals surface area contributed by atoms with E-state index in [9.17, 15) is 10.1 Å². The van der Waals surface area contributed by atoms with Crippen molar-refractivity contribution >= 4 is 0 Å². The van der Waals surface area contributed by atoms with Crippen LogP contribution in [0, 0.1) is 32.3 Å². The predicted octanol–water partition coefficient (Wildman–Crippen LogP) is 2.13. The van der Waals surface area contributed by atoms with Crippen molar-refractivity contribution in [2.24, 2.45) is 27.9 Å². The highest BCUT2D eigenvalue weighted by Crippen LogP contribution is 2.69. The van der Waals surface area contributed by atoms with Crippen LogP contribution in [0.5, 0.6) is 0 Å². The topological polar surface area (TPSA) is 78.4 Å². The molecule has 102 valence electrons. The normalized spacial score (nSPS) is 49.3. The first kappa shape index (κ1) is 12.2. The van der Waals surface area contributed by atoms with E-state index in [0.29, 0.717) is 11.3 Å². The molecule has 4 atom stereocenters. The minimum atomic E-state index is -0.643. The second-order valence-electron chi connectivity index (χ2n) is 7.52. The van der Waals surface area contributed by atoms with Gasteiger partial charge in [0.2, 0.25) is 0 Å². The lowest BCUT2D eigenvalue weighted by atomic mass is 9.40. The molecule has 0 saturated heterocycles. The maximum Gasteiger partial charge on any atom is 0.294 e. The van der Waals surface area contributed by atoms with Crippen LogP contribution < -0.4 is 5.73 Å². The summed E-state index contributed by atoms with van der Waals surface area (Å²) in [5, 5.41) is 9.84. The SMILES string of the molecule is CC12CC3CC(CN)(C1)CC(CO[N+](=O)[O-])(C3)C2. The molecule has 4 rings (SSSR count). The molecule has 4 unspecified atom stereocenters. The van der Waals surface area contributed by atoms with Crippen molar-refractivity contribution in [1.82, 2.24) is 0 Å². The fraction of sp³-hybridized carbons (Fsp3) is 1.00. The Kier molecular flexibility index (Phi) is 2.44. The lowest BCUT2D eigenvalue weighted by Crippen LogP contribution is -2.59. The highest BCUT2D eigenvalue weighted by Gasteiger charge is 2.61. The summed E-state index contributed by atoms with van der Waals surface area (Å²) in [6.07, 6.45) is 6.89. The Labute approximate surface area is 107 Å². The maximum atomic E-state index is 10.5. The molecule has 0 amide bonds. The Hall–Kier alpha value is -0.840. The minimum Gasteiger partial charge on any atom is -0.330 e. The third kappa shape index (κ3) is 1.79. The summed E-state index contributed by atoms with van der Waals surface area (Å²) in [6, 6.07) is 0. The van der Waals surface area contributed by atoms with Crippen molar-refractivity contribution < 1.29 is 9.92 Å². The Balaban J connectivity index is 1.86. The third-order valence-electron chi connectivity index (χ3n) is 5.49. The summed E-state index contributed by atoms with van der Waals surface area (Å²) in [6.45, 7) is 3.33. The summed E-state index contributed by atoms with van der Waals surface area (Å²) in [4.78, 5) is 15.2. The molecular formula is C13H22N2O3. The van der Waals surface area contributed by atoms with Crippen LogP contribution in [-0.2, 0) is 4.84 Å². The molecule has 0 heterocycles. The minimum absolute atomic E-state index is 0.0145. The van der Waals surface area contributed by atoms with Gasteiger partial charge in [-0.2, -0.15) is 0 Å². The van der Waals surface area contributed by atoms with Crippen molar-refractivity contribution in [2.45, 2.75) is 45.4 Å². The molecule has 18 heavy (non-hydrogen) atoms. The molecule has 4 aliphatic rings. The smallest absolute Gasteiger partial charge is 0.294 e. The summed E-state index contributed by atoms with van der Waals surface area (Å²) < 4.78 is 0. The second-order valence-corrected chi connectivity index (χ2v) is 7.52. The van der Waals surface area contributed by atoms with Gasteiger partial charge in [-0.1, -0.05) is 6.92 Å². The van der Waals surface area contributed by atoms with Crippen LogP contribution in [0.25, 0.3) is 0 Å². The van der Waals surface area contributed by atoms with E-state index < -0.39 is 5.09 Å². The monoisotopic (exact) mass is 254 g/mol. The molecule has 5 heteroatoms. The fourth-order valence-electron chi connectivity index (χ4n) is 5.94. The molecule has 4 bridgehead atoms. The van der Waals surface area contributed by atoms with E-state index in [2.05, 4.69) is 6.92 Å². The Morgan fingerprint density at radius 3 is 2.56 bits per heavy atom. The van der Waals surface area contributed by atoms with Gasteiger partial charge in [-0.15, -0.1) is 10.1 Å². The standard InChI is InChI=1S/C13H22N2O3/c1-11-2-10-3-12(5-11,8-14)7-13(4-10,6-11)9-18-15(16)17/h10H,2-9,14H2,1H3. The van der Waals surface area contributed by atoms with Crippen LogP contribution in [0.3, 0.4) is 0 Å². The molecule has 0 aromatic heterocycles. The van der Waals surface area contributed by atoms with Gasteiger partial charge in [0.1, 0.15) is 6.61 Å². The highest BCUT2D eigenvalue weighted by molar-refractivity contribution is 5.11. The largest absolute Gasteiger partial charge is 0.330 e. The first-order valence-corrected chi connectivity index (χ1v) is 6.86. The van der Waals surface area contributed by atoms with Gasteiger partial charge in [0, 0.05) is 0 Å². The highest BCUT2D eigenvalue weighted by atomic mass is 16.9. The first-order chi connectivity index (χ1) is 8.38. The molecule has 0 aromatic rings. The Bertz CT molecular complexity index is 388. The molecule has 0 radical (unpaired) electrons. The molecule has 4 aliphatic carbocycles. The van der Waals surface area contributed by atoms with Crippen LogP contribution in [-0.4, -0.2) is 18.2 Å². The zero-order valence-electron chi connectivity index (χ0n) is 11.0. The van der Waals surface area contributed by atoms with Crippen molar-refractivity contribution in [3.8, 4) is 0 Å². The molecule has 5 nitrogen and oxygen atoms in total. The van der Waals surface area contributed by atoms with E-state index in [-0.39, 0.29) is 17.4 Å². The zero-order chi connectivity index (χ0) is 13.0. The Morgan fingerprint density at radius 2 is 1.94 bits per heavy atom. The van der Waals surface area contributed by atoms with E-state index in [0.717, 1.165) is 25.8 Å². The molecule has 0 spiro atoms. The van der Waals surface area contributed by atoms with Gasteiger partial charge in [0.15, 0.2) is 0 Å². The number of hydrogen-bond donors (Lipinski definition) is 1. The number of nitrogens with zero attached hydrogens (tertiary/aromatic N) is 1. The molecule has 4 fully saturated rings. The molecule has 2 N–H and O–H groups in total. The molecule has 0 aromatic carbocycles. The number of rotatable bonds is 4. The maximum absolute atomic E-state index is 10.5. The van der Waals surface area contributed by atoms with Gasteiger partial charge < -0.3 is 10.6 Å². The lowest BCUT2D eigenvalue weighted by molar-refractivity contribution is -0.761. The molecule has 4 saturated carbocycles. The van der Waals surface area contributed by atoms with Crippen LogP contribution in [0.1, 0.15) is 45.4 Å².